The van der Waals surface area contributed by atoms with Gasteiger partial charge in [0.1, 0.15) is 0 Å². The van der Waals surface area contributed by atoms with Crippen molar-refractivity contribution in [3.63, 3.8) is 0 Å². The van der Waals surface area contributed by atoms with E-state index in [9.17, 15) is 8.42 Å². The van der Waals surface area contributed by atoms with Crippen LogP contribution in [0.5, 0.6) is 0 Å². The predicted molar refractivity (Wildman–Crippen MR) is 49.7 cm³/mol. The van der Waals surface area contributed by atoms with E-state index in [-0.39, 0.29) is 0 Å². The van der Waals surface area contributed by atoms with Crippen LogP contribution in [0.2, 0.25) is 0 Å². The predicted octanol–water partition coefficient (Wildman–Crippen LogP) is 1.45. The molecule has 1 rings (SSSR count). The van der Waals surface area contributed by atoms with E-state index in [0.29, 0.717) is 23.3 Å². The van der Waals surface area contributed by atoms with Crippen LogP contribution in [0.3, 0.4) is 0 Å². The first-order valence-corrected chi connectivity index (χ1v) is 6.76. The van der Waals surface area contributed by atoms with Crippen molar-refractivity contribution in [1.82, 2.24) is 0 Å². The van der Waals surface area contributed by atoms with Gasteiger partial charge in [-0.05, 0) is 18.3 Å². The first-order valence-electron chi connectivity index (χ1n) is 3.81. The summed E-state index contributed by atoms with van der Waals surface area (Å²) in [6.07, 6.45) is 0.856. The molecule has 1 aliphatic heterocycles. The second-order valence-corrected chi connectivity index (χ2v) is 6.17. The van der Waals surface area contributed by atoms with Crippen molar-refractivity contribution >= 4 is 25.8 Å². The molecule has 0 aromatic rings. The minimum Gasteiger partial charge on any atom is -0.229 e. The minimum atomic E-state index is -2.67. The van der Waals surface area contributed by atoms with Gasteiger partial charge in [0.05, 0.1) is 11.5 Å². The first kappa shape index (κ1) is 9.52. The summed E-state index contributed by atoms with van der Waals surface area (Å²) in [7, 11) is -2.67. The minimum absolute atomic E-state index is 0.388. The lowest BCUT2D eigenvalue weighted by Crippen LogP contribution is -2.14. The largest absolute Gasteiger partial charge is 0.229 e. The molecule has 1 heterocycles. The number of hydrogen-bond donors (Lipinski definition) is 0. The van der Waals surface area contributed by atoms with E-state index in [1.807, 2.05) is 0 Å². The highest BCUT2D eigenvalue weighted by Crippen LogP contribution is 2.26. The highest BCUT2D eigenvalue weighted by atomic mass is 79.9. The van der Waals surface area contributed by atoms with Gasteiger partial charge in [-0.15, -0.1) is 0 Å². The summed E-state index contributed by atoms with van der Waals surface area (Å²) in [4.78, 5) is 0. The molecule has 1 saturated heterocycles. The number of hydrogen-bond acceptors (Lipinski definition) is 2. The summed E-state index contributed by atoms with van der Waals surface area (Å²) in [6, 6.07) is 0. The second kappa shape index (κ2) is 3.44. The van der Waals surface area contributed by atoms with E-state index in [1.54, 1.807) is 0 Å². The smallest absolute Gasteiger partial charge is 0.150 e. The van der Waals surface area contributed by atoms with Crippen LogP contribution in [0.4, 0.5) is 0 Å². The van der Waals surface area contributed by atoms with E-state index in [0.717, 1.165) is 11.8 Å². The Labute approximate surface area is 76.4 Å². The zero-order chi connectivity index (χ0) is 8.48. The average molecular weight is 241 g/mol. The SMILES string of the molecule is CC(CBr)C1CCS(=O)(=O)C1. The number of rotatable bonds is 2. The molecule has 1 fully saturated rings. The molecule has 11 heavy (non-hydrogen) atoms. The highest BCUT2D eigenvalue weighted by Gasteiger charge is 2.30. The van der Waals surface area contributed by atoms with Gasteiger partial charge in [-0.2, -0.15) is 0 Å². The van der Waals surface area contributed by atoms with Gasteiger partial charge < -0.3 is 0 Å². The third-order valence-corrected chi connectivity index (χ3v) is 5.13. The van der Waals surface area contributed by atoms with E-state index in [1.165, 1.54) is 0 Å². The Morgan fingerprint density at radius 2 is 2.27 bits per heavy atom. The van der Waals surface area contributed by atoms with Crippen molar-refractivity contribution in [2.75, 3.05) is 16.8 Å². The first-order chi connectivity index (χ1) is 5.05. The van der Waals surface area contributed by atoms with E-state index in [2.05, 4.69) is 22.9 Å². The van der Waals surface area contributed by atoms with Crippen molar-refractivity contribution < 1.29 is 8.42 Å². The van der Waals surface area contributed by atoms with Gasteiger partial charge in [0.2, 0.25) is 0 Å². The third-order valence-electron chi connectivity index (χ3n) is 2.32. The standard InChI is InChI=1S/C7H13BrO2S/c1-6(4-8)7-2-3-11(9,10)5-7/h6-7H,2-5H2,1H3. The summed E-state index contributed by atoms with van der Waals surface area (Å²) in [5.41, 5.74) is 0. The molecule has 4 heteroatoms. The lowest BCUT2D eigenvalue weighted by molar-refractivity contribution is 0.437. The molecular formula is C7H13BrO2S. The van der Waals surface area contributed by atoms with Crippen LogP contribution in [0.1, 0.15) is 13.3 Å². The number of sulfone groups is 1. The summed E-state index contributed by atoms with van der Waals surface area (Å²) in [6.45, 7) is 2.10. The molecule has 0 spiro atoms. The van der Waals surface area contributed by atoms with Gasteiger partial charge in [-0.3, -0.25) is 0 Å². The molecule has 0 amide bonds. The molecule has 0 aromatic heterocycles. The van der Waals surface area contributed by atoms with Crippen LogP contribution in [0.25, 0.3) is 0 Å². The van der Waals surface area contributed by atoms with Crippen LogP contribution >= 0.6 is 15.9 Å². The maximum atomic E-state index is 11.0. The maximum absolute atomic E-state index is 11.0. The van der Waals surface area contributed by atoms with Gasteiger partial charge in [0, 0.05) is 5.33 Å². The molecule has 0 aliphatic carbocycles. The topological polar surface area (TPSA) is 34.1 Å². The van der Waals surface area contributed by atoms with Crippen LogP contribution in [0, 0.1) is 11.8 Å². The normalized spacial score (nSPS) is 32.0. The molecule has 0 aromatic carbocycles. The Morgan fingerprint density at radius 1 is 1.64 bits per heavy atom. The molecule has 0 saturated carbocycles. The van der Waals surface area contributed by atoms with Crippen molar-refractivity contribution in [1.29, 1.82) is 0 Å². The van der Waals surface area contributed by atoms with Gasteiger partial charge in [0.25, 0.3) is 0 Å². The summed E-state index contributed by atoms with van der Waals surface area (Å²) in [5.74, 6) is 1.68. The Bertz CT molecular complexity index is 223. The number of alkyl halides is 1. The molecular weight excluding hydrogens is 228 g/mol. The fourth-order valence-electron chi connectivity index (χ4n) is 1.40. The van der Waals surface area contributed by atoms with Gasteiger partial charge in [-0.1, -0.05) is 22.9 Å². The molecule has 2 unspecified atom stereocenters. The Balaban J connectivity index is 2.55. The molecule has 0 bridgehead atoms. The van der Waals surface area contributed by atoms with Gasteiger partial charge in [-0.25, -0.2) is 8.42 Å². The fourth-order valence-corrected chi connectivity index (χ4v) is 3.90. The van der Waals surface area contributed by atoms with Crippen molar-refractivity contribution in [2.24, 2.45) is 11.8 Å². The Kier molecular flexibility index (Phi) is 2.97. The molecule has 66 valence electrons. The Hall–Kier alpha value is 0.430. The lowest BCUT2D eigenvalue weighted by atomic mass is 9.96. The number of halogens is 1. The average Bonchev–Trinajstić information content (AvgIpc) is 2.29. The molecule has 0 N–H and O–H groups in total. The second-order valence-electron chi connectivity index (χ2n) is 3.29. The van der Waals surface area contributed by atoms with Gasteiger partial charge >= 0.3 is 0 Å². The molecule has 2 nitrogen and oxygen atoms in total. The maximum Gasteiger partial charge on any atom is 0.150 e. The summed E-state index contributed by atoms with van der Waals surface area (Å²) in [5, 5.41) is 0.910. The van der Waals surface area contributed by atoms with E-state index >= 15 is 0 Å². The molecule has 1 aliphatic rings. The van der Waals surface area contributed by atoms with E-state index in [4.69, 9.17) is 0 Å². The molecule has 0 radical (unpaired) electrons. The fraction of sp³-hybridized carbons (Fsp3) is 1.00. The summed E-state index contributed by atoms with van der Waals surface area (Å²) >= 11 is 3.37. The zero-order valence-corrected chi connectivity index (χ0v) is 8.99. The van der Waals surface area contributed by atoms with Crippen LogP contribution < -0.4 is 0 Å². The molecule has 2 atom stereocenters. The van der Waals surface area contributed by atoms with Crippen LogP contribution in [-0.2, 0) is 9.84 Å². The van der Waals surface area contributed by atoms with Crippen LogP contribution in [-0.4, -0.2) is 25.3 Å². The van der Waals surface area contributed by atoms with Crippen LogP contribution in [0.15, 0.2) is 0 Å². The van der Waals surface area contributed by atoms with E-state index < -0.39 is 9.84 Å². The monoisotopic (exact) mass is 240 g/mol. The zero-order valence-electron chi connectivity index (χ0n) is 6.59. The van der Waals surface area contributed by atoms with Crippen molar-refractivity contribution in [2.45, 2.75) is 13.3 Å². The quantitative estimate of drug-likeness (QED) is 0.686. The summed E-state index contributed by atoms with van der Waals surface area (Å²) < 4.78 is 22.1. The Morgan fingerprint density at radius 3 is 2.64 bits per heavy atom. The highest BCUT2D eigenvalue weighted by molar-refractivity contribution is 9.09. The lowest BCUT2D eigenvalue weighted by Gasteiger charge is -2.13. The van der Waals surface area contributed by atoms with Crippen molar-refractivity contribution in [3.8, 4) is 0 Å². The van der Waals surface area contributed by atoms with Gasteiger partial charge in [0.15, 0.2) is 9.84 Å². The third kappa shape index (κ3) is 2.44. The van der Waals surface area contributed by atoms with Crippen molar-refractivity contribution in [3.05, 3.63) is 0 Å².